The lowest BCUT2D eigenvalue weighted by Crippen LogP contribution is -2.40. The van der Waals surface area contributed by atoms with E-state index in [1.165, 1.54) is 6.92 Å². The highest BCUT2D eigenvalue weighted by molar-refractivity contribution is 4.86. The van der Waals surface area contributed by atoms with Gasteiger partial charge < -0.3 is 0 Å². The van der Waals surface area contributed by atoms with Gasteiger partial charge in [-0.05, 0) is 25.2 Å². The molecule has 0 aromatic rings. The lowest BCUT2D eigenvalue weighted by molar-refractivity contribution is -0.234. The molecule has 0 aliphatic rings. The first kappa shape index (κ1) is 13.7. The van der Waals surface area contributed by atoms with Crippen LogP contribution in [0.15, 0.2) is 0 Å². The van der Waals surface area contributed by atoms with E-state index in [9.17, 15) is 17.6 Å². The van der Waals surface area contributed by atoms with Gasteiger partial charge in [-0.15, -0.1) is 0 Å². The van der Waals surface area contributed by atoms with Gasteiger partial charge in [0.2, 0.25) is 5.67 Å². The highest BCUT2D eigenvalue weighted by Crippen LogP contribution is 2.40. The van der Waals surface area contributed by atoms with Crippen LogP contribution < -0.4 is 0 Å². The lowest BCUT2D eigenvalue weighted by atomic mass is 9.91. The van der Waals surface area contributed by atoms with Crippen molar-refractivity contribution >= 4 is 0 Å². The molecule has 0 aliphatic carbocycles. The average molecular weight is 214 g/mol. The van der Waals surface area contributed by atoms with E-state index >= 15 is 0 Å². The Labute approximate surface area is 82.7 Å². The first-order chi connectivity index (χ1) is 6.27. The zero-order valence-electron chi connectivity index (χ0n) is 8.92. The smallest absolute Gasteiger partial charge is 0.234 e. The zero-order chi connectivity index (χ0) is 11.4. The molecule has 14 heavy (non-hydrogen) atoms. The van der Waals surface area contributed by atoms with Crippen molar-refractivity contribution in [3.8, 4) is 0 Å². The third-order valence-corrected chi connectivity index (χ3v) is 2.80. The molecule has 0 aliphatic heterocycles. The highest BCUT2D eigenvalue weighted by Gasteiger charge is 2.53. The second-order valence-electron chi connectivity index (χ2n) is 3.87. The van der Waals surface area contributed by atoms with Gasteiger partial charge in [-0.3, -0.25) is 0 Å². The molecule has 0 nitrogen and oxygen atoms in total. The minimum absolute atomic E-state index is 0.152. The molecular formula is C10H18F4. The molecule has 0 saturated heterocycles. The molecule has 0 fully saturated rings. The molecule has 0 aromatic carbocycles. The summed E-state index contributed by atoms with van der Waals surface area (Å²) in [5.41, 5.74) is -2.99. The Morgan fingerprint density at radius 1 is 1.07 bits per heavy atom. The summed E-state index contributed by atoms with van der Waals surface area (Å²) < 4.78 is 50.3. The van der Waals surface area contributed by atoms with Crippen molar-refractivity contribution in [3.05, 3.63) is 0 Å². The van der Waals surface area contributed by atoms with Crippen LogP contribution in [0.3, 0.4) is 0 Å². The summed E-state index contributed by atoms with van der Waals surface area (Å²) in [6.07, 6.45) is -4.55. The van der Waals surface area contributed by atoms with E-state index in [2.05, 4.69) is 0 Å². The molecule has 0 rings (SSSR count). The van der Waals surface area contributed by atoms with Gasteiger partial charge in [0.05, 0.1) is 0 Å². The van der Waals surface area contributed by atoms with Gasteiger partial charge in [-0.2, -0.15) is 13.2 Å². The maximum atomic E-state index is 13.4. The lowest BCUT2D eigenvalue weighted by Gasteiger charge is -2.27. The number of halogens is 4. The number of rotatable bonds is 5. The fourth-order valence-electron chi connectivity index (χ4n) is 1.20. The zero-order valence-corrected chi connectivity index (χ0v) is 8.92. The first-order valence-corrected chi connectivity index (χ1v) is 5.02. The predicted molar refractivity (Wildman–Crippen MR) is 48.9 cm³/mol. The standard InChI is InChI=1S/C10H18F4/c1-4-8(3)6-7-9(11,5-2)10(12,13)14/h8H,4-7H2,1-3H3. The van der Waals surface area contributed by atoms with Crippen LogP contribution in [0.25, 0.3) is 0 Å². The molecule has 2 unspecified atom stereocenters. The Morgan fingerprint density at radius 3 is 1.86 bits per heavy atom. The molecular weight excluding hydrogens is 196 g/mol. The third-order valence-electron chi connectivity index (χ3n) is 2.80. The average Bonchev–Trinajstić information content (AvgIpc) is 2.11. The van der Waals surface area contributed by atoms with Crippen LogP contribution in [0, 0.1) is 5.92 Å². The maximum Gasteiger partial charge on any atom is 0.422 e. The van der Waals surface area contributed by atoms with Gasteiger partial charge in [-0.25, -0.2) is 4.39 Å². The summed E-state index contributed by atoms with van der Waals surface area (Å²) in [7, 11) is 0. The van der Waals surface area contributed by atoms with E-state index < -0.39 is 24.7 Å². The third kappa shape index (κ3) is 3.46. The van der Waals surface area contributed by atoms with E-state index in [0.717, 1.165) is 6.42 Å². The van der Waals surface area contributed by atoms with Crippen LogP contribution in [-0.2, 0) is 0 Å². The molecule has 0 saturated carbocycles. The van der Waals surface area contributed by atoms with Gasteiger partial charge in [0.15, 0.2) is 0 Å². The Balaban J connectivity index is 4.27. The van der Waals surface area contributed by atoms with Crippen molar-refractivity contribution in [1.82, 2.24) is 0 Å². The van der Waals surface area contributed by atoms with Crippen LogP contribution in [0.4, 0.5) is 17.6 Å². The summed E-state index contributed by atoms with van der Waals surface area (Å²) in [4.78, 5) is 0. The molecule has 2 atom stereocenters. The normalized spacial score (nSPS) is 19.1. The Bertz CT molecular complexity index is 164. The second kappa shape index (κ2) is 4.99. The summed E-state index contributed by atoms with van der Waals surface area (Å²) >= 11 is 0. The van der Waals surface area contributed by atoms with Crippen LogP contribution in [0.5, 0.6) is 0 Å². The van der Waals surface area contributed by atoms with E-state index in [4.69, 9.17) is 0 Å². The Hall–Kier alpha value is -0.280. The number of hydrogen-bond donors (Lipinski definition) is 0. The van der Waals surface area contributed by atoms with E-state index in [1.807, 2.05) is 13.8 Å². The van der Waals surface area contributed by atoms with Crippen molar-refractivity contribution in [2.45, 2.75) is 58.3 Å². The molecule has 0 bridgehead atoms. The van der Waals surface area contributed by atoms with E-state index in [1.54, 1.807) is 0 Å². The van der Waals surface area contributed by atoms with Crippen LogP contribution in [0.2, 0.25) is 0 Å². The van der Waals surface area contributed by atoms with Crippen molar-refractivity contribution in [2.24, 2.45) is 5.92 Å². The number of hydrogen-bond acceptors (Lipinski definition) is 0. The van der Waals surface area contributed by atoms with Crippen LogP contribution >= 0.6 is 0 Å². The van der Waals surface area contributed by atoms with Gasteiger partial charge in [0.1, 0.15) is 0 Å². The summed E-state index contributed by atoms with van der Waals surface area (Å²) in [6.45, 7) is 4.97. The monoisotopic (exact) mass is 214 g/mol. The quantitative estimate of drug-likeness (QED) is 0.591. The molecule has 0 amide bonds. The van der Waals surface area contributed by atoms with Gasteiger partial charge in [-0.1, -0.05) is 27.2 Å². The van der Waals surface area contributed by atoms with Crippen molar-refractivity contribution < 1.29 is 17.6 Å². The van der Waals surface area contributed by atoms with Crippen molar-refractivity contribution in [3.63, 3.8) is 0 Å². The highest BCUT2D eigenvalue weighted by atomic mass is 19.4. The molecule has 4 heteroatoms. The Kier molecular flexibility index (Phi) is 4.89. The summed E-state index contributed by atoms with van der Waals surface area (Å²) in [6, 6.07) is 0. The summed E-state index contributed by atoms with van der Waals surface area (Å²) in [5.74, 6) is 0.152. The predicted octanol–water partition coefficient (Wildman–Crippen LogP) is 4.49. The molecule has 86 valence electrons. The van der Waals surface area contributed by atoms with Gasteiger partial charge in [0.25, 0.3) is 0 Å². The van der Waals surface area contributed by atoms with Crippen molar-refractivity contribution in [2.75, 3.05) is 0 Å². The minimum Gasteiger partial charge on any atom is -0.234 e. The maximum absolute atomic E-state index is 13.4. The van der Waals surface area contributed by atoms with Crippen LogP contribution in [0.1, 0.15) is 46.5 Å². The first-order valence-electron chi connectivity index (χ1n) is 5.02. The minimum atomic E-state index is -4.73. The molecule has 0 N–H and O–H groups in total. The molecule has 0 spiro atoms. The molecule has 0 heterocycles. The topological polar surface area (TPSA) is 0 Å². The largest absolute Gasteiger partial charge is 0.422 e. The fraction of sp³-hybridized carbons (Fsp3) is 1.00. The van der Waals surface area contributed by atoms with Crippen LogP contribution in [-0.4, -0.2) is 11.8 Å². The van der Waals surface area contributed by atoms with Gasteiger partial charge in [0, 0.05) is 0 Å². The van der Waals surface area contributed by atoms with Gasteiger partial charge >= 0.3 is 6.18 Å². The SMILES string of the molecule is CCC(C)CCC(F)(CC)C(F)(F)F. The molecule has 0 radical (unpaired) electrons. The van der Waals surface area contributed by atoms with Crippen molar-refractivity contribution in [1.29, 1.82) is 0 Å². The Morgan fingerprint density at radius 2 is 1.57 bits per heavy atom. The number of alkyl halides is 4. The fourth-order valence-corrected chi connectivity index (χ4v) is 1.20. The second-order valence-corrected chi connectivity index (χ2v) is 3.87. The summed E-state index contributed by atoms with van der Waals surface area (Å²) in [5, 5.41) is 0. The van der Waals surface area contributed by atoms with E-state index in [-0.39, 0.29) is 5.92 Å². The molecule has 0 aromatic heterocycles. The van der Waals surface area contributed by atoms with E-state index in [0.29, 0.717) is 6.42 Å².